The first-order chi connectivity index (χ1) is 9.61. The molecular formula is C15H12BrN3O. The number of rotatable bonds is 2. The molecule has 5 heteroatoms. The number of aromatic nitrogens is 2. The fourth-order valence-electron chi connectivity index (χ4n) is 1.95. The highest BCUT2D eigenvalue weighted by Crippen LogP contribution is 2.16. The number of halogens is 1. The van der Waals surface area contributed by atoms with E-state index in [4.69, 9.17) is 0 Å². The lowest BCUT2D eigenvalue weighted by atomic mass is 10.3. The predicted octanol–water partition coefficient (Wildman–Crippen LogP) is 3.66. The number of aryl methyl sites for hydroxylation is 1. The van der Waals surface area contributed by atoms with Gasteiger partial charge in [-0.1, -0.05) is 22.0 Å². The van der Waals surface area contributed by atoms with Crippen LogP contribution in [0.15, 0.2) is 53.3 Å². The molecule has 0 aliphatic rings. The van der Waals surface area contributed by atoms with Crippen LogP contribution in [0.5, 0.6) is 0 Å². The molecule has 0 spiro atoms. The summed E-state index contributed by atoms with van der Waals surface area (Å²) >= 11 is 3.37. The third-order valence-electron chi connectivity index (χ3n) is 2.93. The third-order valence-corrected chi connectivity index (χ3v) is 3.42. The Morgan fingerprint density at radius 3 is 2.95 bits per heavy atom. The van der Waals surface area contributed by atoms with E-state index in [2.05, 4.69) is 26.2 Å². The normalized spacial score (nSPS) is 10.7. The van der Waals surface area contributed by atoms with E-state index in [1.807, 2.05) is 53.9 Å². The van der Waals surface area contributed by atoms with Gasteiger partial charge in [0.25, 0.3) is 5.91 Å². The van der Waals surface area contributed by atoms with E-state index >= 15 is 0 Å². The van der Waals surface area contributed by atoms with Crippen molar-refractivity contribution in [1.82, 2.24) is 9.38 Å². The van der Waals surface area contributed by atoms with Gasteiger partial charge in [0.2, 0.25) is 0 Å². The number of hydrogen-bond donors (Lipinski definition) is 1. The monoisotopic (exact) mass is 329 g/mol. The van der Waals surface area contributed by atoms with Crippen LogP contribution in [0.4, 0.5) is 5.69 Å². The van der Waals surface area contributed by atoms with Crippen LogP contribution in [0.25, 0.3) is 5.65 Å². The molecule has 0 aliphatic heterocycles. The minimum absolute atomic E-state index is 0.218. The number of carbonyl (C=O) groups is 1. The fraction of sp³-hybridized carbons (Fsp3) is 0.0667. The molecule has 0 bridgehead atoms. The van der Waals surface area contributed by atoms with Crippen LogP contribution >= 0.6 is 15.9 Å². The lowest BCUT2D eigenvalue weighted by Crippen LogP contribution is -2.12. The maximum absolute atomic E-state index is 12.2. The summed E-state index contributed by atoms with van der Waals surface area (Å²) < 4.78 is 2.75. The second kappa shape index (κ2) is 5.09. The Balaban J connectivity index is 1.88. The molecule has 1 amide bonds. The number of hydrogen-bond acceptors (Lipinski definition) is 2. The van der Waals surface area contributed by atoms with E-state index in [9.17, 15) is 4.79 Å². The Bertz CT molecular complexity index is 795. The predicted molar refractivity (Wildman–Crippen MR) is 82.0 cm³/mol. The van der Waals surface area contributed by atoms with Crippen molar-refractivity contribution < 1.29 is 4.79 Å². The van der Waals surface area contributed by atoms with Crippen LogP contribution in [-0.4, -0.2) is 15.3 Å². The maximum atomic E-state index is 12.2. The Morgan fingerprint density at radius 2 is 2.15 bits per heavy atom. The van der Waals surface area contributed by atoms with Gasteiger partial charge in [-0.2, -0.15) is 0 Å². The van der Waals surface area contributed by atoms with Gasteiger partial charge in [0.1, 0.15) is 11.3 Å². The number of benzene rings is 1. The van der Waals surface area contributed by atoms with Crippen molar-refractivity contribution in [3.05, 3.63) is 64.5 Å². The SMILES string of the molecule is Cc1ccn2cc(C(=O)Nc3cccc(Br)c3)nc2c1. The smallest absolute Gasteiger partial charge is 0.275 e. The zero-order valence-corrected chi connectivity index (χ0v) is 12.4. The van der Waals surface area contributed by atoms with Crippen molar-refractivity contribution in [2.24, 2.45) is 0 Å². The molecule has 4 nitrogen and oxygen atoms in total. The molecule has 3 rings (SSSR count). The lowest BCUT2D eigenvalue weighted by Gasteiger charge is -2.02. The Morgan fingerprint density at radius 1 is 1.30 bits per heavy atom. The van der Waals surface area contributed by atoms with Crippen LogP contribution < -0.4 is 5.32 Å². The van der Waals surface area contributed by atoms with Gasteiger partial charge in [0.05, 0.1) is 0 Å². The molecule has 1 N–H and O–H groups in total. The number of pyridine rings is 1. The van der Waals surface area contributed by atoms with E-state index in [-0.39, 0.29) is 5.91 Å². The number of imidazole rings is 1. The molecule has 0 saturated carbocycles. The van der Waals surface area contributed by atoms with Crippen molar-refractivity contribution >= 4 is 33.2 Å². The molecule has 0 unspecified atom stereocenters. The number of amides is 1. The van der Waals surface area contributed by atoms with Gasteiger partial charge < -0.3 is 9.72 Å². The van der Waals surface area contributed by atoms with Gasteiger partial charge in [-0.25, -0.2) is 4.98 Å². The van der Waals surface area contributed by atoms with Crippen LogP contribution in [0, 0.1) is 6.92 Å². The average Bonchev–Trinajstić information content (AvgIpc) is 2.81. The van der Waals surface area contributed by atoms with E-state index in [1.165, 1.54) is 0 Å². The summed E-state index contributed by atoms with van der Waals surface area (Å²) in [5.74, 6) is -0.218. The van der Waals surface area contributed by atoms with E-state index in [0.717, 1.165) is 21.4 Å². The molecule has 3 aromatic rings. The highest BCUT2D eigenvalue weighted by atomic mass is 79.9. The Hall–Kier alpha value is -2.14. The number of nitrogens with one attached hydrogen (secondary N) is 1. The first kappa shape index (κ1) is 12.9. The molecule has 2 heterocycles. The zero-order chi connectivity index (χ0) is 14.1. The van der Waals surface area contributed by atoms with E-state index < -0.39 is 0 Å². The Labute approximate surface area is 124 Å². The molecule has 1 aromatic carbocycles. The molecule has 2 aromatic heterocycles. The fourth-order valence-corrected chi connectivity index (χ4v) is 2.35. The quantitative estimate of drug-likeness (QED) is 0.779. The highest BCUT2D eigenvalue weighted by Gasteiger charge is 2.11. The van der Waals surface area contributed by atoms with Gasteiger partial charge in [-0.3, -0.25) is 4.79 Å². The Kier molecular flexibility index (Phi) is 3.28. The summed E-state index contributed by atoms with van der Waals surface area (Å²) in [7, 11) is 0. The topological polar surface area (TPSA) is 46.4 Å². The van der Waals surface area contributed by atoms with E-state index in [1.54, 1.807) is 6.20 Å². The largest absolute Gasteiger partial charge is 0.321 e. The summed E-state index contributed by atoms with van der Waals surface area (Å²) in [6.07, 6.45) is 3.62. The third kappa shape index (κ3) is 2.58. The number of anilines is 1. The van der Waals surface area contributed by atoms with Crippen LogP contribution in [0.1, 0.15) is 16.1 Å². The van der Waals surface area contributed by atoms with Crippen molar-refractivity contribution in [3.63, 3.8) is 0 Å². The van der Waals surface area contributed by atoms with Gasteiger partial charge in [-0.15, -0.1) is 0 Å². The summed E-state index contributed by atoms with van der Waals surface area (Å²) in [5, 5.41) is 2.83. The van der Waals surface area contributed by atoms with Gasteiger partial charge >= 0.3 is 0 Å². The average molecular weight is 330 g/mol. The second-order valence-corrected chi connectivity index (χ2v) is 5.48. The maximum Gasteiger partial charge on any atom is 0.275 e. The van der Waals surface area contributed by atoms with Crippen LogP contribution in [0.2, 0.25) is 0 Å². The summed E-state index contributed by atoms with van der Waals surface area (Å²) in [6, 6.07) is 11.4. The van der Waals surface area contributed by atoms with E-state index in [0.29, 0.717) is 5.69 Å². The molecular weight excluding hydrogens is 318 g/mol. The molecule has 0 fully saturated rings. The van der Waals surface area contributed by atoms with Crippen molar-refractivity contribution in [1.29, 1.82) is 0 Å². The zero-order valence-electron chi connectivity index (χ0n) is 10.8. The number of fused-ring (bicyclic) bond motifs is 1. The molecule has 0 saturated heterocycles. The first-order valence-corrected chi connectivity index (χ1v) is 6.93. The number of nitrogens with zero attached hydrogens (tertiary/aromatic N) is 2. The van der Waals surface area contributed by atoms with Crippen molar-refractivity contribution in [2.75, 3.05) is 5.32 Å². The van der Waals surface area contributed by atoms with Gasteiger partial charge in [-0.05, 0) is 42.8 Å². The minimum atomic E-state index is -0.218. The number of carbonyl (C=O) groups excluding carboxylic acids is 1. The highest BCUT2D eigenvalue weighted by molar-refractivity contribution is 9.10. The van der Waals surface area contributed by atoms with Gasteiger partial charge in [0.15, 0.2) is 0 Å². The molecule has 100 valence electrons. The molecule has 20 heavy (non-hydrogen) atoms. The van der Waals surface area contributed by atoms with Crippen LogP contribution in [0.3, 0.4) is 0 Å². The standard InChI is InChI=1S/C15H12BrN3O/c1-10-5-6-19-9-13(18-14(19)7-10)15(20)17-12-4-2-3-11(16)8-12/h2-9H,1H3,(H,17,20). The minimum Gasteiger partial charge on any atom is -0.321 e. The first-order valence-electron chi connectivity index (χ1n) is 6.14. The van der Waals surface area contributed by atoms with Crippen molar-refractivity contribution in [3.8, 4) is 0 Å². The second-order valence-electron chi connectivity index (χ2n) is 4.56. The summed E-state index contributed by atoms with van der Waals surface area (Å²) in [4.78, 5) is 16.5. The van der Waals surface area contributed by atoms with Gasteiger partial charge in [0, 0.05) is 22.6 Å². The van der Waals surface area contributed by atoms with Crippen molar-refractivity contribution in [2.45, 2.75) is 6.92 Å². The summed E-state index contributed by atoms with van der Waals surface area (Å²) in [6.45, 7) is 2.00. The molecule has 0 aliphatic carbocycles. The molecule has 0 atom stereocenters. The lowest BCUT2D eigenvalue weighted by molar-refractivity contribution is 0.102. The molecule has 0 radical (unpaired) electrons. The summed E-state index contributed by atoms with van der Waals surface area (Å²) in [5.41, 5.74) is 3.01. The van der Waals surface area contributed by atoms with Crippen LogP contribution in [-0.2, 0) is 0 Å².